The molecule has 0 spiro atoms. The minimum Gasteiger partial charge on any atom is -0.382 e. The molecule has 0 saturated carbocycles. The van der Waals surface area contributed by atoms with Crippen LogP contribution in [-0.2, 0) is 9.47 Å². The molecule has 0 aromatic carbocycles. The Kier molecular flexibility index (Phi) is 3.90. The minimum absolute atomic E-state index is 0.0885. The lowest BCUT2D eigenvalue weighted by Crippen LogP contribution is -2.32. The van der Waals surface area contributed by atoms with Gasteiger partial charge in [-0.2, -0.15) is 0 Å². The van der Waals surface area contributed by atoms with Gasteiger partial charge in [-0.3, -0.25) is 0 Å². The third kappa shape index (κ3) is 2.87. The first-order chi connectivity index (χ1) is 4.18. The summed E-state index contributed by atoms with van der Waals surface area (Å²) in [4.78, 5) is 0. The molecular formula is C6H15BO2. The zero-order valence-corrected chi connectivity index (χ0v) is 6.73. The predicted molar refractivity (Wildman–Crippen MR) is 40.6 cm³/mol. The number of rotatable bonds is 4. The minimum atomic E-state index is -0.0885. The lowest BCUT2D eigenvalue weighted by molar-refractivity contribution is -0.0364. The van der Waals surface area contributed by atoms with Gasteiger partial charge in [-0.25, -0.2) is 0 Å². The van der Waals surface area contributed by atoms with Crippen LogP contribution in [0.4, 0.5) is 0 Å². The summed E-state index contributed by atoms with van der Waals surface area (Å²) in [5.41, 5.74) is -0.0885. The molecule has 0 aliphatic heterocycles. The topological polar surface area (TPSA) is 18.5 Å². The largest absolute Gasteiger partial charge is 0.382 e. The van der Waals surface area contributed by atoms with Gasteiger partial charge in [0.05, 0.1) is 12.2 Å². The van der Waals surface area contributed by atoms with Gasteiger partial charge < -0.3 is 9.47 Å². The third-order valence-electron chi connectivity index (χ3n) is 1.69. The molecule has 0 rings (SSSR count). The first-order valence-corrected chi connectivity index (χ1v) is 3.22. The van der Waals surface area contributed by atoms with E-state index in [-0.39, 0.29) is 5.60 Å². The van der Waals surface area contributed by atoms with Crippen LogP contribution >= 0.6 is 0 Å². The quantitative estimate of drug-likeness (QED) is 0.502. The molecular weight excluding hydrogens is 115 g/mol. The Bertz CT molecular complexity index is 71.5. The Hall–Kier alpha value is -0.0151. The van der Waals surface area contributed by atoms with Crippen LogP contribution in [0.1, 0.15) is 6.92 Å². The van der Waals surface area contributed by atoms with Gasteiger partial charge in [0.15, 0.2) is 0 Å². The summed E-state index contributed by atoms with van der Waals surface area (Å²) in [5.74, 6) is 0. The molecule has 0 N–H and O–H groups in total. The summed E-state index contributed by atoms with van der Waals surface area (Å²) >= 11 is 0. The first-order valence-electron chi connectivity index (χ1n) is 3.22. The predicted octanol–water partition coefficient (Wildman–Crippen LogP) is 0.0893. The highest BCUT2D eigenvalue weighted by molar-refractivity contribution is 6.09. The first kappa shape index (κ1) is 8.98. The van der Waals surface area contributed by atoms with Crippen LogP contribution in [0, 0.1) is 0 Å². The molecule has 0 aromatic heterocycles. The van der Waals surface area contributed by atoms with E-state index in [9.17, 15) is 0 Å². The fourth-order valence-corrected chi connectivity index (χ4v) is 0.611. The number of methoxy groups -OCH3 is 2. The van der Waals surface area contributed by atoms with Crippen LogP contribution in [0.25, 0.3) is 0 Å². The van der Waals surface area contributed by atoms with E-state index in [4.69, 9.17) is 9.47 Å². The molecule has 3 heteroatoms. The van der Waals surface area contributed by atoms with Crippen molar-refractivity contribution in [2.45, 2.75) is 18.8 Å². The van der Waals surface area contributed by atoms with E-state index in [2.05, 4.69) is 7.85 Å². The molecule has 1 unspecified atom stereocenters. The second-order valence-electron chi connectivity index (χ2n) is 2.44. The van der Waals surface area contributed by atoms with Gasteiger partial charge in [-0.05, 0) is 6.92 Å². The Labute approximate surface area is 57.9 Å². The van der Waals surface area contributed by atoms with Crippen LogP contribution in [0.5, 0.6) is 0 Å². The van der Waals surface area contributed by atoms with E-state index in [1.165, 1.54) is 0 Å². The van der Waals surface area contributed by atoms with Gasteiger partial charge >= 0.3 is 0 Å². The van der Waals surface area contributed by atoms with Gasteiger partial charge in [0.1, 0.15) is 7.85 Å². The molecule has 0 aliphatic carbocycles. The average Bonchev–Trinajstić information content (AvgIpc) is 1.89. The smallest absolute Gasteiger partial charge is 0.105 e. The fraction of sp³-hybridized carbons (Fsp3) is 1.00. The zero-order chi connectivity index (χ0) is 7.33. The molecule has 0 amide bonds. The lowest BCUT2D eigenvalue weighted by atomic mass is 9.89. The van der Waals surface area contributed by atoms with Crippen molar-refractivity contribution in [2.75, 3.05) is 20.8 Å². The van der Waals surface area contributed by atoms with Crippen molar-refractivity contribution in [3.8, 4) is 0 Å². The molecule has 0 fully saturated rings. The molecule has 1 atom stereocenters. The van der Waals surface area contributed by atoms with Crippen molar-refractivity contribution in [1.29, 1.82) is 0 Å². The van der Waals surface area contributed by atoms with Crippen molar-refractivity contribution in [3.05, 3.63) is 0 Å². The van der Waals surface area contributed by atoms with E-state index >= 15 is 0 Å². The molecule has 2 nitrogen and oxygen atoms in total. The summed E-state index contributed by atoms with van der Waals surface area (Å²) in [5, 5.41) is 0. The van der Waals surface area contributed by atoms with Gasteiger partial charge in [0.2, 0.25) is 0 Å². The molecule has 0 heterocycles. The number of ether oxygens (including phenoxy) is 2. The van der Waals surface area contributed by atoms with Crippen LogP contribution in [0.2, 0.25) is 6.32 Å². The SMILES string of the molecule is BCC(C)(COC)OC. The maximum atomic E-state index is 5.20. The van der Waals surface area contributed by atoms with Crippen LogP contribution in [-0.4, -0.2) is 34.3 Å². The highest BCUT2D eigenvalue weighted by atomic mass is 16.5. The Morgan fingerprint density at radius 2 is 2.00 bits per heavy atom. The Morgan fingerprint density at radius 3 is 2.11 bits per heavy atom. The Morgan fingerprint density at radius 1 is 1.44 bits per heavy atom. The normalized spacial score (nSPS) is 17.2. The van der Waals surface area contributed by atoms with E-state index in [0.717, 1.165) is 6.32 Å². The maximum absolute atomic E-state index is 5.20. The fourth-order valence-electron chi connectivity index (χ4n) is 0.611. The van der Waals surface area contributed by atoms with Gasteiger partial charge in [0, 0.05) is 14.2 Å². The molecule has 9 heavy (non-hydrogen) atoms. The maximum Gasteiger partial charge on any atom is 0.105 e. The highest BCUT2D eigenvalue weighted by Crippen LogP contribution is 2.12. The van der Waals surface area contributed by atoms with Crippen molar-refractivity contribution >= 4 is 7.85 Å². The average molecular weight is 130 g/mol. The van der Waals surface area contributed by atoms with Crippen molar-refractivity contribution < 1.29 is 9.47 Å². The summed E-state index contributed by atoms with van der Waals surface area (Å²) in [6.45, 7) is 2.70. The summed E-state index contributed by atoms with van der Waals surface area (Å²) < 4.78 is 10.2. The highest BCUT2D eigenvalue weighted by Gasteiger charge is 2.19. The standard InChI is InChI=1S/C6H15BO2/c1-6(4-7,9-3)5-8-2/h4-5,7H2,1-3H3. The number of hydrogen-bond donors (Lipinski definition) is 0. The molecule has 54 valence electrons. The zero-order valence-electron chi connectivity index (χ0n) is 6.73. The van der Waals surface area contributed by atoms with Crippen LogP contribution in [0.3, 0.4) is 0 Å². The molecule has 0 bridgehead atoms. The lowest BCUT2D eigenvalue weighted by Gasteiger charge is -2.25. The summed E-state index contributed by atoms with van der Waals surface area (Å²) in [7, 11) is 5.48. The van der Waals surface area contributed by atoms with Gasteiger partial charge in [-0.15, -0.1) is 0 Å². The summed E-state index contributed by atoms with van der Waals surface area (Å²) in [6, 6.07) is 0. The van der Waals surface area contributed by atoms with Gasteiger partial charge in [-0.1, -0.05) is 6.32 Å². The monoisotopic (exact) mass is 130 g/mol. The second-order valence-corrected chi connectivity index (χ2v) is 2.44. The summed E-state index contributed by atoms with van der Waals surface area (Å²) in [6.07, 6.45) is 0.983. The van der Waals surface area contributed by atoms with Gasteiger partial charge in [0.25, 0.3) is 0 Å². The second kappa shape index (κ2) is 3.91. The van der Waals surface area contributed by atoms with Crippen molar-refractivity contribution in [1.82, 2.24) is 0 Å². The van der Waals surface area contributed by atoms with Crippen LogP contribution < -0.4 is 0 Å². The van der Waals surface area contributed by atoms with E-state index in [1.54, 1.807) is 14.2 Å². The molecule has 0 aromatic rings. The third-order valence-corrected chi connectivity index (χ3v) is 1.69. The molecule has 0 radical (unpaired) electrons. The van der Waals surface area contributed by atoms with E-state index < -0.39 is 0 Å². The van der Waals surface area contributed by atoms with E-state index in [1.807, 2.05) is 6.92 Å². The van der Waals surface area contributed by atoms with Crippen molar-refractivity contribution in [3.63, 3.8) is 0 Å². The van der Waals surface area contributed by atoms with E-state index in [0.29, 0.717) is 6.61 Å². The van der Waals surface area contributed by atoms with Crippen molar-refractivity contribution in [2.24, 2.45) is 0 Å². The molecule has 0 saturated heterocycles. The van der Waals surface area contributed by atoms with Crippen LogP contribution in [0.15, 0.2) is 0 Å². The Balaban J connectivity index is 3.62. The number of hydrogen-bond acceptors (Lipinski definition) is 2. The molecule has 0 aliphatic rings.